The van der Waals surface area contributed by atoms with Gasteiger partial charge < -0.3 is 10.2 Å². The number of para-hydroxylation sites is 2. The number of nitrogens with zero attached hydrogens (tertiary/aromatic N) is 1. The van der Waals surface area contributed by atoms with Gasteiger partial charge in [0.1, 0.15) is 0 Å². The lowest BCUT2D eigenvalue weighted by molar-refractivity contribution is -0.148. The van der Waals surface area contributed by atoms with Gasteiger partial charge in [-0.25, -0.2) is 9.59 Å². The van der Waals surface area contributed by atoms with Crippen molar-refractivity contribution >= 4 is 46.4 Å². The Bertz CT molecular complexity index is 1210. The quantitative estimate of drug-likeness (QED) is 0.319. The molecule has 0 aliphatic rings. The van der Waals surface area contributed by atoms with Gasteiger partial charge in [0, 0.05) is 29.8 Å². The summed E-state index contributed by atoms with van der Waals surface area (Å²) in [5, 5.41) is 3.56. The monoisotopic (exact) mass is 479 g/mol. The number of rotatable bonds is 7. The van der Waals surface area contributed by atoms with E-state index in [1.807, 2.05) is 37.3 Å². The summed E-state index contributed by atoms with van der Waals surface area (Å²) in [6, 6.07) is 19.1. The zero-order valence-corrected chi connectivity index (χ0v) is 20.0. The first-order valence-electron chi connectivity index (χ1n) is 10.9. The van der Waals surface area contributed by atoms with Crippen LogP contribution in [0.2, 0.25) is 5.02 Å². The molecule has 0 spiro atoms. The van der Waals surface area contributed by atoms with Gasteiger partial charge in [0.25, 0.3) is 0 Å². The number of hydroxylamine groups is 1. The first-order chi connectivity index (χ1) is 16.3. The third kappa shape index (κ3) is 5.74. The van der Waals surface area contributed by atoms with Gasteiger partial charge in [-0.15, -0.1) is 0 Å². The summed E-state index contributed by atoms with van der Waals surface area (Å²) in [6.07, 6.45) is 0.146. The normalized spacial score (nSPS) is 10.4. The molecule has 0 aliphatic heterocycles. The largest absolute Gasteiger partial charge is 0.355 e. The van der Waals surface area contributed by atoms with Crippen molar-refractivity contribution in [3.8, 4) is 0 Å². The smallest absolute Gasteiger partial charge is 0.354 e. The van der Waals surface area contributed by atoms with E-state index in [2.05, 4.69) is 10.8 Å². The Kier molecular flexibility index (Phi) is 8.27. The number of hydrogen-bond donors (Lipinski definition) is 2. The maximum absolute atomic E-state index is 13.0. The summed E-state index contributed by atoms with van der Waals surface area (Å²) in [7, 11) is 0. The molecule has 7 nitrogen and oxygen atoms in total. The van der Waals surface area contributed by atoms with E-state index in [9.17, 15) is 14.4 Å². The number of benzene rings is 3. The highest BCUT2D eigenvalue weighted by Crippen LogP contribution is 2.31. The maximum Gasteiger partial charge on any atom is 0.355 e. The third-order valence-electron chi connectivity index (χ3n) is 5.18. The van der Waals surface area contributed by atoms with E-state index in [4.69, 9.17) is 16.4 Å². The molecule has 3 rings (SSSR count). The van der Waals surface area contributed by atoms with Crippen LogP contribution in [0.25, 0.3) is 0 Å². The zero-order chi connectivity index (χ0) is 24.7. The van der Waals surface area contributed by atoms with Gasteiger partial charge in [-0.1, -0.05) is 54.9 Å². The number of aryl methyl sites for hydroxylation is 1. The molecule has 0 bridgehead atoms. The molecular weight excluding hydrogens is 454 g/mol. The number of halogens is 1. The first-order valence-corrected chi connectivity index (χ1v) is 11.3. The summed E-state index contributed by atoms with van der Waals surface area (Å²) >= 11 is 6.47. The fraction of sp³-hybridized carbons (Fsp3) is 0.192. The average molecular weight is 480 g/mol. The van der Waals surface area contributed by atoms with E-state index in [1.165, 1.54) is 4.90 Å². The van der Waals surface area contributed by atoms with E-state index in [-0.39, 0.29) is 12.2 Å². The number of urea groups is 1. The molecule has 2 N–H and O–H groups in total. The maximum atomic E-state index is 13.0. The van der Waals surface area contributed by atoms with Crippen molar-refractivity contribution in [3.63, 3.8) is 0 Å². The van der Waals surface area contributed by atoms with Crippen LogP contribution in [0.4, 0.5) is 21.9 Å². The van der Waals surface area contributed by atoms with Crippen LogP contribution >= 0.6 is 11.6 Å². The first kappa shape index (κ1) is 24.8. The van der Waals surface area contributed by atoms with Crippen LogP contribution in [0.15, 0.2) is 66.7 Å². The molecule has 3 aromatic carbocycles. The number of amides is 2. The fourth-order valence-corrected chi connectivity index (χ4v) is 3.64. The second kappa shape index (κ2) is 11.3. The Hall–Kier alpha value is -3.84. The van der Waals surface area contributed by atoms with Gasteiger partial charge in [-0.2, -0.15) is 5.48 Å². The molecule has 2 amide bonds. The van der Waals surface area contributed by atoms with Crippen LogP contribution in [0.3, 0.4) is 0 Å². The van der Waals surface area contributed by atoms with Gasteiger partial charge in [-0.05, 0) is 49.7 Å². The fourth-order valence-electron chi connectivity index (χ4n) is 3.37. The van der Waals surface area contributed by atoms with Gasteiger partial charge in [0.05, 0.1) is 16.4 Å². The van der Waals surface area contributed by atoms with Crippen molar-refractivity contribution in [3.05, 3.63) is 88.4 Å². The second-order valence-electron chi connectivity index (χ2n) is 7.46. The Morgan fingerprint density at radius 2 is 1.65 bits per heavy atom. The van der Waals surface area contributed by atoms with E-state index >= 15 is 0 Å². The van der Waals surface area contributed by atoms with Gasteiger partial charge >= 0.3 is 12.0 Å². The van der Waals surface area contributed by atoms with Crippen LogP contribution in [-0.4, -0.2) is 24.3 Å². The lowest BCUT2D eigenvalue weighted by Gasteiger charge is -2.24. The lowest BCUT2D eigenvalue weighted by atomic mass is 9.99. The molecule has 0 heterocycles. The molecule has 0 aliphatic carbocycles. The third-order valence-corrected chi connectivity index (χ3v) is 5.49. The Balaban J connectivity index is 1.83. The van der Waals surface area contributed by atoms with E-state index in [0.717, 1.165) is 5.56 Å². The molecule has 0 saturated heterocycles. The summed E-state index contributed by atoms with van der Waals surface area (Å²) < 4.78 is 0. The van der Waals surface area contributed by atoms with E-state index < -0.39 is 12.0 Å². The number of carbonyl (C=O) groups is 3. The topological polar surface area (TPSA) is 87.7 Å². The highest BCUT2D eigenvalue weighted by Gasteiger charge is 2.19. The molecule has 8 heteroatoms. The molecule has 0 aromatic heterocycles. The van der Waals surface area contributed by atoms with Crippen molar-refractivity contribution in [2.75, 3.05) is 16.8 Å². The minimum atomic E-state index is -0.573. The van der Waals surface area contributed by atoms with Gasteiger partial charge in [-0.3, -0.25) is 9.69 Å². The average Bonchev–Trinajstić information content (AvgIpc) is 2.84. The Morgan fingerprint density at radius 3 is 2.32 bits per heavy atom. The van der Waals surface area contributed by atoms with E-state index in [1.54, 1.807) is 50.2 Å². The van der Waals surface area contributed by atoms with Crippen LogP contribution < -0.4 is 15.7 Å². The summed E-state index contributed by atoms with van der Waals surface area (Å²) in [4.78, 5) is 43.1. The number of ketones is 1. The second-order valence-corrected chi connectivity index (χ2v) is 7.87. The van der Waals surface area contributed by atoms with E-state index in [0.29, 0.717) is 39.8 Å². The number of hydrogen-bond acceptors (Lipinski definition) is 5. The molecule has 0 atom stereocenters. The van der Waals surface area contributed by atoms with Crippen LogP contribution in [0.5, 0.6) is 0 Å². The molecule has 176 valence electrons. The number of carbonyl (C=O) groups excluding carboxylic acids is 3. The molecule has 3 aromatic rings. The van der Waals surface area contributed by atoms with Crippen molar-refractivity contribution in [2.24, 2.45) is 0 Å². The Morgan fingerprint density at radius 1 is 0.941 bits per heavy atom. The van der Waals surface area contributed by atoms with Crippen molar-refractivity contribution in [1.29, 1.82) is 0 Å². The minimum absolute atomic E-state index is 0.146. The highest BCUT2D eigenvalue weighted by atomic mass is 35.5. The zero-order valence-electron chi connectivity index (χ0n) is 19.2. The van der Waals surface area contributed by atoms with Crippen LogP contribution in [0.1, 0.15) is 41.8 Å². The van der Waals surface area contributed by atoms with Crippen LogP contribution in [-0.2, 0) is 9.63 Å². The summed E-state index contributed by atoms with van der Waals surface area (Å²) in [5.41, 5.74) is 5.91. The predicted octanol–water partition coefficient (Wildman–Crippen LogP) is 6.03. The minimum Gasteiger partial charge on any atom is -0.354 e. The molecule has 34 heavy (non-hydrogen) atoms. The van der Waals surface area contributed by atoms with Crippen molar-refractivity contribution in [1.82, 2.24) is 5.48 Å². The molecular formula is C26H26ClN3O4. The van der Waals surface area contributed by atoms with Crippen LogP contribution in [0, 0.1) is 6.92 Å². The predicted molar refractivity (Wildman–Crippen MR) is 134 cm³/mol. The lowest BCUT2D eigenvalue weighted by Crippen LogP contribution is -2.41. The standard InChI is InChI=1S/C26H26ClN3O4/c1-4-24(31)34-29-26(33)30(5-2)23-13-9-8-12-22(23)28-18-14-15-20(21(27)16-18)25(32)19-11-7-6-10-17(19)3/h6-16,28H,4-5H2,1-3H3,(H,29,33). The SMILES string of the molecule is CCC(=O)ONC(=O)N(CC)c1ccccc1Nc1ccc(C(=O)c2ccccc2C)c(Cl)c1. The Labute approximate surface area is 203 Å². The summed E-state index contributed by atoms with van der Waals surface area (Å²) in [6.45, 7) is 5.66. The molecule has 0 saturated carbocycles. The molecule has 0 unspecified atom stereocenters. The number of nitrogens with one attached hydrogen (secondary N) is 2. The summed E-state index contributed by atoms with van der Waals surface area (Å²) in [5.74, 6) is -0.684. The highest BCUT2D eigenvalue weighted by molar-refractivity contribution is 6.35. The molecule has 0 fully saturated rings. The molecule has 0 radical (unpaired) electrons. The van der Waals surface area contributed by atoms with Gasteiger partial charge in [0.2, 0.25) is 0 Å². The van der Waals surface area contributed by atoms with Crippen molar-refractivity contribution < 1.29 is 19.2 Å². The van der Waals surface area contributed by atoms with Crippen molar-refractivity contribution in [2.45, 2.75) is 27.2 Å². The number of anilines is 3. The van der Waals surface area contributed by atoms with Gasteiger partial charge in [0.15, 0.2) is 5.78 Å².